The summed E-state index contributed by atoms with van der Waals surface area (Å²) in [6.07, 6.45) is 11.5. The van der Waals surface area contributed by atoms with Gasteiger partial charge in [0.1, 0.15) is 0 Å². The number of thiophene rings is 1. The van der Waals surface area contributed by atoms with E-state index < -0.39 is 0 Å². The van der Waals surface area contributed by atoms with Gasteiger partial charge in [-0.15, -0.1) is 11.3 Å². The molecule has 1 aliphatic carbocycles. The Bertz CT molecular complexity index is 3340. The van der Waals surface area contributed by atoms with Crippen molar-refractivity contribution in [3.8, 4) is 22.5 Å². The second kappa shape index (κ2) is 11.0. The molecule has 2 nitrogen and oxygen atoms in total. The lowest BCUT2D eigenvalue weighted by Gasteiger charge is -2.16. The summed E-state index contributed by atoms with van der Waals surface area (Å²) in [5, 5.41) is 14.0. The summed E-state index contributed by atoms with van der Waals surface area (Å²) in [5.41, 5.74) is 8.83. The van der Waals surface area contributed by atoms with E-state index >= 15 is 0 Å². The Kier molecular flexibility index (Phi) is 6.08. The lowest BCUT2D eigenvalue weighted by atomic mass is 9.94. The molecule has 0 saturated carbocycles. The molecule has 11 aromatic rings. The van der Waals surface area contributed by atoms with Gasteiger partial charge in [-0.1, -0.05) is 127 Å². The van der Waals surface area contributed by atoms with Crippen LogP contribution in [0.25, 0.3) is 104 Å². The molecule has 0 unspecified atom stereocenters. The van der Waals surface area contributed by atoms with Gasteiger partial charge in [-0.25, -0.2) is 0 Å². The van der Waals surface area contributed by atoms with Gasteiger partial charge < -0.3 is 9.13 Å². The molecule has 3 aromatic heterocycles. The molecule has 248 valence electrons. The topological polar surface area (TPSA) is 9.86 Å². The Morgan fingerprint density at radius 3 is 2.04 bits per heavy atom. The Morgan fingerprint density at radius 2 is 1.13 bits per heavy atom. The quantitative estimate of drug-likeness (QED) is 0.163. The number of hydrogen-bond donors (Lipinski definition) is 0. The number of aromatic nitrogens is 2. The summed E-state index contributed by atoms with van der Waals surface area (Å²) >= 11 is 1.97. The van der Waals surface area contributed by atoms with Crippen molar-refractivity contribution >= 4 is 92.4 Å². The molecule has 53 heavy (non-hydrogen) atoms. The number of hydrogen-bond acceptors (Lipinski definition) is 1. The van der Waals surface area contributed by atoms with E-state index in [9.17, 15) is 0 Å². The minimum Gasteiger partial charge on any atom is -0.315 e. The van der Waals surface area contributed by atoms with Crippen molar-refractivity contribution in [1.82, 2.24) is 9.13 Å². The van der Waals surface area contributed by atoms with Crippen LogP contribution in [0, 0.1) is 0 Å². The molecule has 3 heterocycles. The fraction of sp³-hybridized carbons (Fsp3) is 0.0400. The minimum atomic E-state index is 1.11. The third-order valence-electron chi connectivity index (χ3n) is 11.6. The van der Waals surface area contributed by atoms with E-state index in [-0.39, 0.29) is 0 Å². The van der Waals surface area contributed by atoms with Crippen LogP contribution < -0.4 is 0 Å². The van der Waals surface area contributed by atoms with Crippen LogP contribution in [0.2, 0.25) is 0 Å². The first-order valence-electron chi connectivity index (χ1n) is 18.5. The highest BCUT2D eigenvalue weighted by Gasteiger charge is 2.22. The van der Waals surface area contributed by atoms with Gasteiger partial charge in [0.05, 0.1) is 27.1 Å². The number of allylic oxidation sites excluding steroid dienone is 1. The number of rotatable bonds is 3. The molecule has 0 saturated heterocycles. The fourth-order valence-corrected chi connectivity index (χ4v) is 10.5. The lowest BCUT2D eigenvalue weighted by Crippen LogP contribution is -1.97. The molecule has 12 rings (SSSR count). The molecule has 1 aliphatic rings. The van der Waals surface area contributed by atoms with Crippen molar-refractivity contribution < 1.29 is 0 Å². The standard InChI is InChI=1S/C50H32N2S/c1-3-14-35-31(10-1)12-7-17-36(35)34-24-25-39-43(30-34)40-26-28-51(44-19-8-13-33-23-22-32-11-2-4-15-37(32)47(33)44)49(40)42-27-29-52(48(39)42)45-20-9-18-41-38-16-5-6-21-46(38)53-50(41)45/h1-5,7-20,22-30H,6,21H2. The molecular formula is C50H32N2S. The summed E-state index contributed by atoms with van der Waals surface area (Å²) in [5.74, 6) is 0. The van der Waals surface area contributed by atoms with E-state index in [4.69, 9.17) is 0 Å². The van der Waals surface area contributed by atoms with Crippen molar-refractivity contribution in [1.29, 1.82) is 0 Å². The summed E-state index contributed by atoms with van der Waals surface area (Å²) in [6.45, 7) is 0. The maximum absolute atomic E-state index is 2.47. The van der Waals surface area contributed by atoms with Crippen molar-refractivity contribution in [2.24, 2.45) is 0 Å². The summed E-state index contributed by atoms with van der Waals surface area (Å²) in [4.78, 5) is 1.50. The summed E-state index contributed by atoms with van der Waals surface area (Å²) in [7, 11) is 0. The predicted molar refractivity (Wildman–Crippen MR) is 228 cm³/mol. The third-order valence-corrected chi connectivity index (χ3v) is 12.9. The maximum Gasteiger partial charge on any atom is 0.0634 e. The zero-order valence-electron chi connectivity index (χ0n) is 28.9. The second-order valence-corrected chi connectivity index (χ2v) is 15.5. The van der Waals surface area contributed by atoms with Crippen molar-refractivity contribution in [2.75, 3.05) is 0 Å². The number of aryl methyl sites for hydroxylation is 1. The molecule has 0 fully saturated rings. The zero-order valence-corrected chi connectivity index (χ0v) is 29.7. The van der Waals surface area contributed by atoms with E-state index in [2.05, 4.69) is 179 Å². The van der Waals surface area contributed by atoms with Crippen LogP contribution in [-0.2, 0) is 6.42 Å². The smallest absolute Gasteiger partial charge is 0.0634 e. The molecular weight excluding hydrogens is 661 g/mol. The van der Waals surface area contributed by atoms with Gasteiger partial charge in [0, 0.05) is 44.2 Å². The molecule has 0 bridgehead atoms. The van der Waals surface area contributed by atoms with E-state index in [0.717, 1.165) is 12.8 Å². The molecule has 0 aliphatic heterocycles. The average molecular weight is 693 g/mol. The van der Waals surface area contributed by atoms with Crippen LogP contribution in [0.1, 0.15) is 16.9 Å². The van der Waals surface area contributed by atoms with E-state index in [1.54, 1.807) is 0 Å². The van der Waals surface area contributed by atoms with Crippen LogP contribution in [-0.4, -0.2) is 9.13 Å². The highest BCUT2D eigenvalue weighted by atomic mass is 32.1. The van der Waals surface area contributed by atoms with Crippen LogP contribution in [0.4, 0.5) is 0 Å². The fourth-order valence-electron chi connectivity index (χ4n) is 9.23. The highest BCUT2D eigenvalue weighted by Crippen LogP contribution is 2.45. The number of benzene rings is 8. The van der Waals surface area contributed by atoms with Gasteiger partial charge in [0.25, 0.3) is 0 Å². The zero-order chi connectivity index (χ0) is 34.6. The second-order valence-electron chi connectivity index (χ2n) is 14.4. The molecule has 0 atom stereocenters. The average Bonchev–Trinajstić information content (AvgIpc) is 3.96. The van der Waals surface area contributed by atoms with Gasteiger partial charge in [-0.2, -0.15) is 0 Å². The van der Waals surface area contributed by atoms with Crippen LogP contribution in [0.15, 0.2) is 164 Å². The maximum atomic E-state index is 2.47. The number of nitrogens with zero attached hydrogens (tertiary/aromatic N) is 2. The Hall–Kier alpha value is -6.42. The van der Waals surface area contributed by atoms with E-state index in [1.807, 2.05) is 11.3 Å². The third kappa shape index (κ3) is 4.14. The SMILES string of the molecule is C1=Cc2c(sc3c(-n4ccc5c4c4ccc(-c6cccc7ccccc67)cc4c4ccn(-c6cccc7ccc8ccccc8c67)c45)cccc23)CC1. The summed E-state index contributed by atoms with van der Waals surface area (Å²) in [6, 6.07) is 54.1. The van der Waals surface area contributed by atoms with Crippen molar-refractivity contribution in [2.45, 2.75) is 12.8 Å². The first-order valence-corrected chi connectivity index (χ1v) is 19.3. The molecule has 3 heteroatoms. The van der Waals surface area contributed by atoms with Crippen molar-refractivity contribution in [3.05, 3.63) is 175 Å². The van der Waals surface area contributed by atoms with Crippen molar-refractivity contribution in [3.63, 3.8) is 0 Å². The summed E-state index contributed by atoms with van der Waals surface area (Å²) < 4.78 is 6.28. The predicted octanol–water partition coefficient (Wildman–Crippen LogP) is 14.0. The van der Waals surface area contributed by atoms with Gasteiger partial charge in [-0.05, 0) is 92.2 Å². The van der Waals surface area contributed by atoms with Gasteiger partial charge >= 0.3 is 0 Å². The van der Waals surface area contributed by atoms with Crippen LogP contribution in [0.3, 0.4) is 0 Å². The monoisotopic (exact) mass is 692 g/mol. The first kappa shape index (κ1) is 29.2. The van der Waals surface area contributed by atoms with Gasteiger partial charge in [0.15, 0.2) is 0 Å². The molecule has 0 radical (unpaired) electrons. The van der Waals surface area contributed by atoms with Crippen LogP contribution >= 0.6 is 11.3 Å². The first-order chi connectivity index (χ1) is 26.3. The Labute approximate surface area is 310 Å². The van der Waals surface area contributed by atoms with Crippen LogP contribution in [0.5, 0.6) is 0 Å². The molecule has 0 amide bonds. The lowest BCUT2D eigenvalue weighted by molar-refractivity contribution is 1.02. The van der Waals surface area contributed by atoms with E-state index in [0.29, 0.717) is 0 Å². The van der Waals surface area contributed by atoms with E-state index in [1.165, 1.54) is 108 Å². The Balaban J connectivity index is 1.21. The molecule has 0 spiro atoms. The Morgan fingerprint density at radius 1 is 0.472 bits per heavy atom. The highest BCUT2D eigenvalue weighted by molar-refractivity contribution is 7.19. The largest absolute Gasteiger partial charge is 0.315 e. The molecule has 8 aromatic carbocycles. The number of fused-ring (bicyclic) bond motifs is 13. The normalized spacial score (nSPS) is 13.1. The molecule has 0 N–H and O–H groups in total. The van der Waals surface area contributed by atoms with Gasteiger partial charge in [0.2, 0.25) is 0 Å². The van der Waals surface area contributed by atoms with Gasteiger partial charge in [-0.3, -0.25) is 0 Å². The minimum absolute atomic E-state index is 1.11.